The third-order valence-electron chi connectivity index (χ3n) is 8.03. The number of benzene rings is 2. The van der Waals surface area contributed by atoms with E-state index in [4.69, 9.17) is 21.1 Å². The maximum atomic E-state index is 13.9. The molecule has 3 aliphatic rings. The number of nitrogens with zero attached hydrogens (tertiary/aromatic N) is 1. The van der Waals surface area contributed by atoms with Crippen LogP contribution in [0.2, 0.25) is 0 Å². The molecule has 0 saturated heterocycles. The van der Waals surface area contributed by atoms with Crippen molar-refractivity contribution >= 4 is 23.3 Å². The van der Waals surface area contributed by atoms with Gasteiger partial charge in [-0.2, -0.15) is 0 Å². The Morgan fingerprint density at radius 1 is 1.06 bits per heavy atom. The normalized spacial score (nSPS) is 27.7. The van der Waals surface area contributed by atoms with Crippen LogP contribution in [0.15, 0.2) is 59.9 Å². The molecule has 0 bridgehead atoms. The summed E-state index contributed by atoms with van der Waals surface area (Å²) >= 11 is 6.58. The minimum atomic E-state index is -0.450. The van der Waals surface area contributed by atoms with Gasteiger partial charge < -0.3 is 14.4 Å². The second kappa shape index (κ2) is 9.93. The smallest absolute Gasteiger partial charge is 0.290 e. The summed E-state index contributed by atoms with van der Waals surface area (Å²) in [6.07, 6.45) is 1.66. The highest BCUT2D eigenvalue weighted by atomic mass is 35.5. The van der Waals surface area contributed by atoms with Gasteiger partial charge in [0.05, 0.1) is 24.6 Å². The molecule has 5 nitrogen and oxygen atoms in total. The first-order valence-electron chi connectivity index (χ1n) is 12.9. The second-order valence-corrected chi connectivity index (χ2v) is 11.2. The van der Waals surface area contributed by atoms with E-state index in [9.17, 15) is 9.59 Å². The fraction of sp³-hybridized carbons (Fsp3) is 0.467. The molecule has 6 heteroatoms. The van der Waals surface area contributed by atoms with E-state index in [1.165, 1.54) is 5.56 Å². The summed E-state index contributed by atoms with van der Waals surface area (Å²) in [5.41, 5.74) is 3.77. The Morgan fingerprint density at radius 3 is 2.39 bits per heavy atom. The number of ketones is 1. The lowest BCUT2D eigenvalue weighted by molar-refractivity contribution is -0.136. The van der Waals surface area contributed by atoms with Crippen molar-refractivity contribution in [1.29, 1.82) is 0 Å². The highest BCUT2D eigenvalue weighted by Gasteiger charge is 2.53. The Bertz CT molecular complexity index is 1170. The number of alkyl halides is 1. The summed E-state index contributed by atoms with van der Waals surface area (Å²) < 4.78 is 11.6. The van der Waals surface area contributed by atoms with Crippen LogP contribution in [0.4, 0.5) is 0 Å². The third kappa shape index (κ3) is 4.43. The standard InChI is InChI=1S/C30H34ClNO4/c1-17(2)20-7-9-21(10-8-20)27-26-28(33)23-16-24(31)18(3)15-25(23)36-29(26)30(34)32(27)14-13-19-5-11-22(35-4)12-6-19/h5-12,17-18,23-25,27H,13-16H2,1-4H3. The highest BCUT2D eigenvalue weighted by molar-refractivity contribution is 6.21. The Balaban J connectivity index is 1.48. The molecule has 0 N–H and O–H groups in total. The third-order valence-corrected chi connectivity index (χ3v) is 8.63. The van der Waals surface area contributed by atoms with Gasteiger partial charge in [0.1, 0.15) is 11.9 Å². The van der Waals surface area contributed by atoms with Gasteiger partial charge in [-0.3, -0.25) is 9.59 Å². The van der Waals surface area contributed by atoms with Crippen LogP contribution in [0.5, 0.6) is 5.75 Å². The molecule has 36 heavy (non-hydrogen) atoms. The number of halogens is 1. The molecule has 190 valence electrons. The lowest BCUT2D eigenvalue weighted by Crippen LogP contribution is -2.44. The summed E-state index contributed by atoms with van der Waals surface area (Å²) in [4.78, 5) is 29.4. The van der Waals surface area contributed by atoms with Crippen molar-refractivity contribution in [3.63, 3.8) is 0 Å². The van der Waals surface area contributed by atoms with Crippen molar-refractivity contribution in [2.75, 3.05) is 13.7 Å². The topological polar surface area (TPSA) is 55.8 Å². The zero-order valence-corrected chi connectivity index (χ0v) is 22.1. The van der Waals surface area contributed by atoms with E-state index >= 15 is 0 Å². The minimum absolute atomic E-state index is 0.0250. The molecule has 5 unspecified atom stereocenters. The molecule has 1 saturated carbocycles. The van der Waals surface area contributed by atoms with Crippen LogP contribution < -0.4 is 4.74 Å². The van der Waals surface area contributed by atoms with Crippen molar-refractivity contribution in [2.45, 2.75) is 63.5 Å². The fourth-order valence-corrected chi connectivity index (χ4v) is 6.04. The fourth-order valence-electron chi connectivity index (χ4n) is 5.75. The predicted molar refractivity (Wildman–Crippen MR) is 140 cm³/mol. The van der Waals surface area contributed by atoms with Crippen LogP contribution in [0, 0.1) is 11.8 Å². The van der Waals surface area contributed by atoms with E-state index in [1.807, 2.05) is 29.2 Å². The lowest BCUT2D eigenvalue weighted by atomic mass is 9.74. The first-order valence-corrected chi connectivity index (χ1v) is 13.3. The van der Waals surface area contributed by atoms with Gasteiger partial charge in [0.2, 0.25) is 0 Å². The van der Waals surface area contributed by atoms with Crippen LogP contribution in [0.25, 0.3) is 0 Å². The van der Waals surface area contributed by atoms with Crippen LogP contribution in [-0.2, 0) is 20.7 Å². The van der Waals surface area contributed by atoms with E-state index in [-0.39, 0.29) is 40.8 Å². The van der Waals surface area contributed by atoms with Crippen LogP contribution in [0.1, 0.15) is 62.3 Å². The van der Waals surface area contributed by atoms with Crippen LogP contribution in [-0.4, -0.2) is 41.7 Å². The Kier molecular flexibility index (Phi) is 6.86. The number of fused-ring (bicyclic) bond motifs is 1. The molecule has 2 heterocycles. The average Bonchev–Trinajstić information content (AvgIpc) is 3.16. The van der Waals surface area contributed by atoms with Crippen molar-refractivity contribution in [3.05, 3.63) is 76.6 Å². The van der Waals surface area contributed by atoms with E-state index in [2.05, 4.69) is 45.0 Å². The van der Waals surface area contributed by atoms with Gasteiger partial charge in [-0.1, -0.05) is 57.2 Å². The van der Waals surface area contributed by atoms with Gasteiger partial charge in [-0.05, 0) is 59.9 Å². The van der Waals surface area contributed by atoms with Gasteiger partial charge in [-0.15, -0.1) is 11.6 Å². The number of Topliss-reactive ketones (excluding diaryl/α,β-unsaturated/α-hetero) is 1. The number of carbonyl (C=O) groups is 2. The Morgan fingerprint density at radius 2 is 1.75 bits per heavy atom. The number of hydrogen-bond acceptors (Lipinski definition) is 4. The Labute approximate surface area is 218 Å². The van der Waals surface area contributed by atoms with Crippen LogP contribution >= 0.6 is 11.6 Å². The summed E-state index contributed by atoms with van der Waals surface area (Å²) in [7, 11) is 1.64. The van der Waals surface area contributed by atoms with Gasteiger partial charge in [0.15, 0.2) is 11.5 Å². The van der Waals surface area contributed by atoms with E-state index in [0.717, 1.165) is 16.9 Å². The number of methoxy groups -OCH3 is 1. The summed E-state index contributed by atoms with van der Waals surface area (Å²) in [6.45, 7) is 6.87. The number of carbonyl (C=O) groups excluding carboxylic acids is 2. The SMILES string of the molecule is COc1ccc(CCN2C(=O)C3=C(C(=O)C4CC(Cl)C(C)CC4O3)C2c2ccc(C(C)C)cc2)cc1. The van der Waals surface area contributed by atoms with Crippen LogP contribution in [0.3, 0.4) is 0 Å². The highest BCUT2D eigenvalue weighted by Crippen LogP contribution is 2.48. The van der Waals surface area contributed by atoms with Crippen molar-refractivity contribution in [1.82, 2.24) is 4.90 Å². The molecule has 1 fully saturated rings. The zero-order chi connectivity index (χ0) is 25.6. The molecule has 0 radical (unpaired) electrons. The summed E-state index contributed by atoms with van der Waals surface area (Å²) in [5.74, 6) is 1.22. The minimum Gasteiger partial charge on any atom is -0.497 e. The zero-order valence-electron chi connectivity index (χ0n) is 21.4. The molecular weight excluding hydrogens is 474 g/mol. The lowest BCUT2D eigenvalue weighted by Gasteiger charge is -2.40. The molecule has 0 aromatic heterocycles. The van der Waals surface area contributed by atoms with Crippen molar-refractivity contribution in [3.8, 4) is 5.75 Å². The summed E-state index contributed by atoms with van der Waals surface area (Å²) in [6, 6.07) is 15.7. The first kappa shape index (κ1) is 24.9. The summed E-state index contributed by atoms with van der Waals surface area (Å²) in [5, 5.41) is -0.0620. The molecule has 2 aromatic carbocycles. The molecule has 0 spiro atoms. The molecule has 2 aliphatic heterocycles. The van der Waals surface area contributed by atoms with E-state index in [1.54, 1.807) is 7.11 Å². The second-order valence-electron chi connectivity index (χ2n) is 10.7. The average molecular weight is 508 g/mol. The monoisotopic (exact) mass is 507 g/mol. The largest absolute Gasteiger partial charge is 0.497 e. The number of ether oxygens (including phenoxy) is 2. The molecule has 5 rings (SSSR count). The molecule has 1 amide bonds. The van der Waals surface area contributed by atoms with Crippen molar-refractivity contribution < 1.29 is 19.1 Å². The number of amides is 1. The van der Waals surface area contributed by atoms with E-state index in [0.29, 0.717) is 37.3 Å². The van der Waals surface area contributed by atoms with Gasteiger partial charge in [0.25, 0.3) is 5.91 Å². The molecule has 5 atom stereocenters. The van der Waals surface area contributed by atoms with Gasteiger partial charge in [0, 0.05) is 11.9 Å². The molecule has 1 aliphatic carbocycles. The van der Waals surface area contributed by atoms with Gasteiger partial charge >= 0.3 is 0 Å². The Hall–Kier alpha value is -2.79. The predicted octanol–water partition coefficient (Wildman–Crippen LogP) is 5.82. The van der Waals surface area contributed by atoms with E-state index < -0.39 is 6.04 Å². The van der Waals surface area contributed by atoms with Gasteiger partial charge in [-0.25, -0.2) is 0 Å². The van der Waals surface area contributed by atoms with Crippen molar-refractivity contribution in [2.24, 2.45) is 11.8 Å². The maximum absolute atomic E-state index is 13.9. The number of rotatable bonds is 6. The first-order chi connectivity index (χ1) is 17.3. The maximum Gasteiger partial charge on any atom is 0.290 e. The molecular formula is C30H34ClNO4. The number of hydrogen-bond donors (Lipinski definition) is 0. The quantitative estimate of drug-likeness (QED) is 0.462. The molecule has 2 aromatic rings.